The molecule has 4 aliphatic rings. The number of ether oxygens (including phenoxy) is 2. The minimum Gasteiger partial charge on any atom is -0.484 e. The second-order valence-corrected chi connectivity index (χ2v) is 20.2. The fourth-order valence-electron chi connectivity index (χ4n) is 8.05. The Kier molecular flexibility index (Phi) is 11.0. The lowest BCUT2D eigenvalue weighted by Gasteiger charge is -2.30. The van der Waals surface area contributed by atoms with E-state index in [-0.39, 0.29) is 19.4 Å². The normalized spacial score (nSPS) is 25.9. The molecule has 0 radical (unpaired) electrons. The number of fused-ring (bicyclic) bond motifs is 5. The van der Waals surface area contributed by atoms with Crippen molar-refractivity contribution < 1.29 is 41.5 Å². The van der Waals surface area contributed by atoms with Crippen molar-refractivity contribution in [1.82, 2.24) is 25.2 Å². The molecule has 0 unspecified atom stereocenters. The molecule has 0 bridgehead atoms. The zero-order valence-corrected chi connectivity index (χ0v) is 35.4. The second kappa shape index (κ2) is 15.9. The van der Waals surface area contributed by atoms with Gasteiger partial charge in [-0.3, -0.25) is 19.1 Å². The van der Waals surface area contributed by atoms with Gasteiger partial charge in [-0.25, -0.2) is 18.2 Å². The van der Waals surface area contributed by atoms with E-state index in [1.807, 2.05) is 48.6 Å². The highest BCUT2D eigenvalue weighted by Gasteiger charge is 2.62. The summed E-state index contributed by atoms with van der Waals surface area (Å²) >= 11 is 1.64. The summed E-state index contributed by atoms with van der Waals surface area (Å²) in [5.41, 5.74) is 0.0211. The first-order chi connectivity index (χ1) is 28.1. The third-order valence-electron chi connectivity index (χ3n) is 11.4. The van der Waals surface area contributed by atoms with Crippen LogP contribution in [0, 0.1) is 5.92 Å². The smallest absolute Gasteiger partial charge is 0.408 e. The first-order valence-corrected chi connectivity index (χ1v) is 22.9. The Balaban J connectivity index is 1.14. The number of furan rings is 1. The topological polar surface area (TPSA) is 186 Å². The van der Waals surface area contributed by atoms with Crippen molar-refractivity contribution in [2.45, 2.75) is 126 Å². The van der Waals surface area contributed by atoms with E-state index in [9.17, 15) is 27.6 Å². The Morgan fingerprint density at radius 1 is 1.08 bits per heavy atom. The minimum absolute atomic E-state index is 0.0274. The van der Waals surface area contributed by atoms with Gasteiger partial charge in [0.1, 0.15) is 40.4 Å². The summed E-state index contributed by atoms with van der Waals surface area (Å²) < 4.78 is 46.7. The summed E-state index contributed by atoms with van der Waals surface area (Å²) in [5.74, 6) is -1.95. The van der Waals surface area contributed by atoms with Crippen molar-refractivity contribution in [3.63, 3.8) is 0 Å². The molecule has 314 valence electrons. The van der Waals surface area contributed by atoms with E-state index in [0.717, 1.165) is 29.5 Å². The summed E-state index contributed by atoms with van der Waals surface area (Å²) in [6.45, 7) is 7.27. The summed E-state index contributed by atoms with van der Waals surface area (Å²) in [6.07, 6.45) is 7.55. The number of para-hydroxylation sites is 1. The number of hydrogen-bond donors (Lipinski definition) is 3. The number of alkyl carbamates (subject to hydrolysis) is 1. The molecule has 14 nitrogen and oxygen atoms in total. The summed E-state index contributed by atoms with van der Waals surface area (Å²) in [4.78, 5) is 64.8. The molecule has 0 spiro atoms. The highest BCUT2D eigenvalue weighted by Crippen LogP contribution is 2.46. The maximum absolute atomic E-state index is 14.7. The van der Waals surface area contributed by atoms with E-state index in [4.69, 9.17) is 18.9 Å². The molecule has 5 heterocycles. The summed E-state index contributed by atoms with van der Waals surface area (Å²) in [5, 5.41) is 5.86. The number of rotatable bonds is 8. The number of allylic oxidation sites excluding steroid dienone is 1. The average molecular weight is 846 g/mol. The van der Waals surface area contributed by atoms with Crippen LogP contribution in [-0.2, 0) is 35.6 Å². The number of carbonyl (C=O) groups excluding carboxylic acids is 4. The standard InChI is InChI=1S/C43H51N5O9S2/c1-5-27-17-20-35(58-27)31-22-34(37-36(44-31)29-14-11-12-16-33(29)56-37)55-26-21-32-38(49)46-43(40(51)47-59(53,54)28-18-19-28)23-25(43)13-9-7-6-8-10-15-30(39(50)48(32)24-26)45-41(52)57-42(2,3)4/h9,11-14,16-17,20,22,25-26,28,30,32H,5-8,10,15,18-19,21,23-24H2,1-4H3,(H,45,52)(H,46,49)(H,47,51)/b13-9-/t25-,26+,30-,32-,43+/m0/s1. The van der Waals surface area contributed by atoms with Crippen LogP contribution in [0.2, 0.25) is 0 Å². The minimum atomic E-state index is -3.91. The number of nitrogens with one attached hydrogen (secondary N) is 3. The van der Waals surface area contributed by atoms with E-state index >= 15 is 0 Å². The van der Waals surface area contributed by atoms with Crippen molar-refractivity contribution >= 4 is 67.2 Å². The number of hydrogen-bond acceptors (Lipinski definition) is 11. The van der Waals surface area contributed by atoms with Gasteiger partial charge >= 0.3 is 6.09 Å². The first kappa shape index (κ1) is 40.8. The summed E-state index contributed by atoms with van der Waals surface area (Å²) in [6, 6.07) is 11.3. The highest BCUT2D eigenvalue weighted by atomic mass is 32.2. The van der Waals surface area contributed by atoms with Gasteiger partial charge in [0.15, 0.2) is 11.3 Å². The maximum Gasteiger partial charge on any atom is 0.408 e. The number of amides is 4. The fourth-order valence-corrected chi connectivity index (χ4v) is 10.3. The molecule has 3 aromatic heterocycles. The predicted molar refractivity (Wildman–Crippen MR) is 223 cm³/mol. The Morgan fingerprint density at radius 2 is 1.88 bits per heavy atom. The molecule has 16 heteroatoms. The van der Waals surface area contributed by atoms with Crippen LogP contribution in [0.5, 0.6) is 5.75 Å². The van der Waals surface area contributed by atoms with Crippen LogP contribution < -0.4 is 20.1 Å². The zero-order chi connectivity index (χ0) is 41.7. The van der Waals surface area contributed by atoms with Crippen LogP contribution in [-0.4, -0.2) is 83.2 Å². The van der Waals surface area contributed by atoms with Crippen LogP contribution in [0.3, 0.4) is 0 Å². The molecule has 5 atom stereocenters. The molecule has 2 aliphatic carbocycles. The van der Waals surface area contributed by atoms with Gasteiger partial charge in [-0.1, -0.05) is 44.1 Å². The molecule has 8 rings (SSSR count). The number of benzene rings is 1. The van der Waals surface area contributed by atoms with Gasteiger partial charge in [0, 0.05) is 28.7 Å². The van der Waals surface area contributed by atoms with E-state index < -0.39 is 74.3 Å². The van der Waals surface area contributed by atoms with Crippen molar-refractivity contribution in [3.8, 4) is 16.3 Å². The third kappa shape index (κ3) is 8.70. The number of nitrogens with zero attached hydrogens (tertiary/aromatic N) is 2. The van der Waals surface area contributed by atoms with Gasteiger partial charge < -0.3 is 29.4 Å². The van der Waals surface area contributed by atoms with Crippen LogP contribution >= 0.6 is 11.3 Å². The molecule has 2 saturated carbocycles. The molecule has 4 aromatic rings. The average Bonchev–Trinajstić information content (AvgIpc) is 4.00. The van der Waals surface area contributed by atoms with E-state index in [1.165, 1.54) is 9.78 Å². The Hall–Kier alpha value is -4.96. The third-order valence-corrected chi connectivity index (χ3v) is 14.5. The van der Waals surface area contributed by atoms with Gasteiger partial charge in [-0.15, -0.1) is 11.3 Å². The van der Waals surface area contributed by atoms with Crippen molar-refractivity contribution in [1.29, 1.82) is 0 Å². The van der Waals surface area contributed by atoms with Crippen molar-refractivity contribution in [2.24, 2.45) is 5.92 Å². The Morgan fingerprint density at radius 3 is 2.63 bits per heavy atom. The number of aryl methyl sites for hydroxylation is 1. The molecule has 1 aromatic carbocycles. The molecule has 2 aliphatic heterocycles. The van der Waals surface area contributed by atoms with E-state index in [1.54, 1.807) is 32.1 Å². The number of pyridine rings is 1. The summed E-state index contributed by atoms with van der Waals surface area (Å²) in [7, 11) is -3.91. The van der Waals surface area contributed by atoms with Crippen LogP contribution in [0.4, 0.5) is 4.79 Å². The molecule has 59 heavy (non-hydrogen) atoms. The monoisotopic (exact) mass is 845 g/mol. The lowest BCUT2D eigenvalue weighted by atomic mass is 10.0. The van der Waals surface area contributed by atoms with Crippen molar-refractivity contribution in [3.05, 3.63) is 59.5 Å². The highest BCUT2D eigenvalue weighted by molar-refractivity contribution is 7.91. The lowest BCUT2D eigenvalue weighted by molar-refractivity contribution is -0.141. The zero-order valence-electron chi connectivity index (χ0n) is 33.7. The number of thiophene rings is 1. The molecule has 3 fully saturated rings. The van der Waals surface area contributed by atoms with Crippen LogP contribution in [0.15, 0.2) is 59.0 Å². The molecular weight excluding hydrogens is 795 g/mol. The molecule has 4 amide bonds. The lowest BCUT2D eigenvalue weighted by Crippen LogP contribution is -2.58. The molecular formula is C43H51N5O9S2. The largest absolute Gasteiger partial charge is 0.484 e. The SMILES string of the molecule is CCc1ccc(-c2cc(O[C@@H]3C[C@H]4C(=O)N[C@]5(C(=O)NS(=O)(=O)C6CC6)C[C@@H]5/C=C\CCCCC[C@H](NC(=O)OC(C)(C)C)C(=O)N4C3)c3oc4ccccc4c3n2)s1. The first-order valence-electron chi connectivity index (χ1n) is 20.6. The quantitative estimate of drug-likeness (QED) is 0.165. The molecule has 1 saturated heterocycles. The Labute approximate surface area is 347 Å². The van der Waals surface area contributed by atoms with Gasteiger partial charge in [0.05, 0.1) is 22.4 Å². The van der Waals surface area contributed by atoms with Gasteiger partial charge in [-0.2, -0.15) is 0 Å². The fraction of sp³-hybridized carbons (Fsp3) is 0.512. The Bertz CT molecular complexity index is 2430. The van der Waals surface area contributed by atoms with E-state index in [2.05, 4.69) is 28.3 Å². The van der Waals surface area contributed by atoms with Gasteiger partial charge in [-0.05, 0) is 90.0 Å². The van der Waals surface area contributed by atoms with Crippen molar-refractivity contribution in [2.75, 3.05) is 6.54 Å². The molecule has 3 N–H and O–H groups in total. The van der Waals surface area contributed by atoms with Gasteiger partial charge in [0.25, 0.3) is 5.91 Å². The number of aromatic nitrogens is 1. The number of sulfonamides is 1. The number of carbonyl (C=O) groups is 4. The van der Waals surface area contributed by atoms with E-state index in [0.29, 0.717) is 60.2 Å². The second-order valence-electron chi connectivity index (χ2n) is 17.1. The predicted octanol–water partition coefficient (Wildman–Crippen LogP) is 6.52. The van der Waals surface area contributed by atoms with Gasteiger partial charge in [0.2, 0.25) is 21.8 Å². The van der Waals surface area contributed by atoms with Crippen LogP contribution in [0.25, 0.3) is 32.6 Å². The maximum atomic E-state index is 14.7. The van der Waals surface area contributed by atoms with Crippen LogP contribution in [0.1, 0.15) is 90.4 Å².